The average Bonchev–Trinajstić information content (AvgIpc) is 2.53. The van der Waals surface area contributed by atoms with Crippen LogP contribution in [0.4, 0.5) is 0 Å². The van der Waals surface area contributed by atoms with Crippen molar-refractivity contribution in [1.29, 1.82) is 0 Å². The van der Waals surface area contributed by atoms with E-state index in [2.05, 4.69) is 4.98 Å². The van der Waals surface area contributed by atoms with Gasteiger partial charge in [0, 0.05) is 23.5 Å². The first-order valence-corrected chi connectivity index (χ1v) is 6.54. The van der Waals surface area contributed by atoms with Gasteiger partial charge in [0.2, 0.25) is 0 Å². The Balaban J connectivity index is 2.05. The van der Waals surface area contributed by atoms with Gasteiger partial charge < -0.3 is 20.4 Å². The first-order chi connectivity index (χ1) is 10.5. The monoisotopic (exact) mass is 295 g/mol. The van der Waals surface area contributed by atoms with Gasteiger partial charge in [-0.3, -0.25) is 4.98 Å². The number of pyridine rings is 1. The Morgan fingerprint density at radius 2 is 0.955 bits per heavy atom. The van der Waals surface area contributed by atoms with Crippen LogP contribution in [0.2, 0.25) is 0 Å². The molecule has 0 fully saturated rings. The predicted octanol–water partition coefficient (Wildman–Crippen LogP) is 3.24. The Hall–Kier alpha value is -3.21. The molecule has 5 heteroatoms. The summed E-state index contributed by atoms with van der Waals surface area (Å²) in [5.41, 5.74) is 2.90. The number of benzene rings is 2. The van der Waals surface area contributed by atoms with Gasteiger partial charge in [0.1, 0.15) is 0 Å². The lowest BCUT2D eigenvalue weighted by Crippen LogP contribution is -1.84. The van der Waals surface area contributed by atoms with Crippen LogP contribution in [0.5, 0.6) is 23.0 Å². The zero-order valence-corrected chi connectivity index (χ0v) is 11.4. The largest absolute Gasteiger partial charge is 0.504 e. The van der Waals surface area contributed by atoms with Crippen molar-refractivity contribution in [1.82, 2.24) is 4.98 Å². The van der Waals surface area contributed by atoms with Crippen LogP contribution in [0.25, 0.3) is 22.3 Å². The molecule has 0 saturated heterocycles. The molecule has 0 unspecified atom stereocenters. The second-order valence-corrected chi connectivity index (χ2v) is 4.87. The molecule has 0 radical (unpaired) electrons. The number of hydrogen-bond acceptors (Lipinski definition) is 5. The molecule has 0 aliphatic carbocycles. The van der Waals surface area contributed by atoms with Crippen LogP contribution in [0.15, 0.2) is 54.9 Å². The Morgan fingerprint density at radius 1 is 0.500 bits per heavy atom. The highest BCUT2D eigenvalue weighted by Crippen LogP contribution is 2.34. The fourth-order valence-corrected chi connectivity index (χ4v) is 2.16. The van der Waals surface area contributed by atoms with E-state index >= 15 is 0 Å². The molecule has 5 nitrogen and oxygen atoms in total. The first kappa shape index (κ1) is 13.8. The molecular formula is C17H13NO4. The van der Waals surface area contributed by atoms with Gasteiger partial charge in [0.15, 0.2) is 23.0 Å². The van der Waals surface area contributed by atoms with Gasteiger partial charge in [0.05, 0.1) is 0 Å². The lowest BCUT2D eigenvalue weighted by molar-refractivity contribution is 0.404. The lowest BCUT2D eigenvalue weighted by atomic mass is 10.0. The number of nitrogens with zero attached hydrogens (tertiary/aromatic N) is 1. The van der Waals surface area contributed by atoms with Crippen molar-refractivity contribution in [2.24, 2.45) is 0 Å². The SMILES string of the molecule is Oc1ccc(-c2cncc(-c3ccc(O)c(O)c3)c2)cc1O. The van der Waals surface area contributed by atoms with Gasteiger partial charge in [0.25, 0.3) is 0 Å². The van der Waals surface area contributed by atoms with Crippen molar-refractivity contribution < 1.29 is 20.4 Å². The van der Waals surface area contributed by atoms with E-state index in [1.807, 2.05) is 6.07 Å². The zero-order chi connectivity index (χ0) is 15.7. The van der Waals surface area contributed by atoms with E-state index in [9.17, 15) is 20.4 Å². The minimum Gasteiger partial charge on any atom is -0.504 e. The molecule has 1 aromatic heterocycles. The Kier molecular flexibility index (Phi) is 3.31. The molecule has 22 heavy (non-hydrogen) atoms. The Bertz CT molecular complexity index is 779. The number of phenols is 4. The van der Waals surface area contributed by atoms with E-state index in [4.69, 9.17) is 0 Å². The fourth-order valence-electron chi connectivity index (χ4n) is 2.16. The quantitative estimate of drug-likeness (QED) is 0.545. The lowest BCUT2D eigenvalue weighted by Gasteiger charge is -2.07. The highest BCUT2D eigenvalue weighted by molar-refractivity contribution is 5.74. The van der Waals surface area contributed by atoms with Crippen molar-refractivity contribution in [3.8, 4) is 45.3 Å². The van der Waals surface area contributed by atoms with E-state index in [0.717, 1.165) is 11.1 Å². The maximum absolute atomic E-state index is 9.58. The van der Waals surface area contributed by atoms with E-state index in [0.29, 0.717) is 11.1 Å². The average molecular weight is 295 g/mol. The summed E-state index contributed by atoms with van der Waals surface area (Å²) in [6.45, 7) is 0. The number of rotatable bonds is 2. The third kappa shape index (κ3) is 2.52. The van der Waals surface area contributed by atoms with Crippen LogP contribution < -0.4 is 0 Å². The zero-order valence-electron chi connectivity index (χ0n) is 11.4. The Labute approximate surface area is 126 Å². The Morgan fingerprint density at radius 3 is 1.36 bits per heavy atom. The molecule has 110 valence electrons. The standard InChI is InChI=1S/C17H13NO4/c19-14-3-1-10(6-16(14)21)12-5-13(9-18-8-12)11-2-4-15(20)17(22)7-11/h1-9,19-22H. The van der Waals surface area contributed by atoms with Crippen LogP contribution in [-0.2, 0) is 0 Å². The summed E-state index contributed by atoms with van der Waals surface area (Å²) in [5.74, 6) is -0.775. The minimum atomic E-state index is -0.204. The van der Waals surface area contributed by atoms with E-state index in [-0.39, 0.29) is 23.0 Å². The summed E-state index contributed by atoms with van der Waals surface area (Å²) in [7, 11) is 0. The topological polar surface area (TPSA) is 93.8 Å². The third-order valence-electron chi connectivity index (χ3n) is 3.36. The highest BCUT2D eigenvalue weighted by Gasteiger charge is 2.07. The molecule has 0 bridgehead atoms. The van der Waals surface area contributed by atoms with Crippen molar-refractivity contribution in [2.45, 2.75) is 0 Å². The molecular weight excluding hydrogens is 282 g/mol. The summed E-state index contributed by atoms with van der Waals surface area (Å²) in [4.78, 5) is 4.15. The molecule has 3 rings (SSSR count). The molecule has 0 aliphatic heterocycles. The molecule has 0 atom stereocenters. The van der Waals surface area contributed by atoms with Gasteiger partial charge in [-0.25, -0.2) is 0 Å². The van der Waals surface area contributed by atoms with Crippen molar-refractivity contribution in [2.75, 3.05) is 0 Å². The summed E-state index contributed by atoms with van der Waals surface area (Å²) in [6.07, 6.45) is 3.27. The highest BCUT2D eigenvalue weighted by atomic mass is 16.3. The van der Waals surface area contributed by atoms with Gasteiger partial charge in [-0.15, -0.1) is 0 Å². The van der Waals surface area contributed by atoms with Crippen LogP contribution in [0.1, 0.15) is 0 Å². The molecule has 0 spiro atoms. The van der Waals surface area contributed by atoms with Crippen LogP contribution >= 0.6 is 0 Å². The van der Waals surface area contributed by atoms with Crippen molar-refractivity contribution in [3.05, 3.63) is 54.9 Å². The van der Waals surface area contributed by atoms with Crippen molar-refractivity contribution >= 4 is 0 Å². The summed E-state index contributed by atoms with van der Waals surface area (Å²) < 4.78 is 0. The van der Waals surface area contributed by atoms with E-state index < -0.39 is 0 Å². The summed E-state index contributed by atoms with van der Waals surface area (Å²) >= 11 is 0. The predicted molar refractivity (Wildman–Crippen MR) is 81.8 cm³/mol. The van der Waals surface area contributed by atoms with Crippen molar-refractivity contribution in [3.63, 3.8) is 0 Å². The van der Waals surface area contributed by atoms with Crippen LogP contribution in [-0.4, -0.2) is 25.4 Å². The summed E-state index contributed by atoms with van der Waals surface area (Å²) in [6, 6.07) is 10.9. The molecule has 4 N–H and O–H groups in total. The van der Waals surface area contributed by atoms with Crippen LogP contribution in [0, 0.1) is 0 Å². The third-order valence-corrected chi connectivity index (χ3v) is 3.36. The fraction of sp³-hybridized carbons (Fsp3) is 0. The van der Waals surface area contributed by atoms with Gasteiger partial charge in [-0.05, 0) is 41.5 Å². The maximum atomic E-state index is 9.58. The summed E-state index contributed by atoms with van der Waals surface area (Å²) in [5, 5.41) is 37.9. The number of hydrogen-bond donors (Lipinski definition) is 4. The normalized spacial score (nSPS) is 10.5. The van der Waals surface area contributed by atoms with E-state index in [1.165, 1.54) is 24.3 Å². The number of aromatic hydroxyl groups is 4. The second kappa shape index (κ2) is 5.29. The molecule has 2 aromatic carbocycles. The second-order valence-electron chi connectivity index (χ2n) is 4.87. The maximum Gasteiger partial charge on any atom is 0.158 e. The first-order valence-electron chi connectivity index (χ1n) is 6.54. The molecule has 1 heterocycles. The number of aromatic nitrogens is 1. The van der Waals surface area contributed by atoms with Crippen LogP contribution in [0.3, 0.4) is 0 Å². The van der Waals surface area contributed by atoms with Gasteiger partial charge in [-0.1, -0.05) is 12.1 Å². The molecule has 0 aliphatic rings. The van der Waals surface area contributed by atoms with E-state index in [1.54, 1.807) is 24.5 Å². The molecule has 0 saturated carbocycles. The molecule has 3 aromatic rings. The molecule has 0 amide bonds. The van der Waals surface area contributed by atoms with Gasteiger partial charge in [-0.2, -0.15) is 0 Å². The smallest absolute Gasteiger partial charge is 0.158 e. The number of phenolic OH excluding ortho intramolecular Hbond substituents is 4. The minimum absolute atomic E-state index is 0.184. The van der Waals surface area contributed by atoms with Gasteiger partial charge >= 0.3 is 0 Å².